The summed E-state index contributed by atoms with van der Waals surface area (Å²) in [4.78, 5) is 0. The molecule has 0 saturated carbocycles. The highest BCUT2D eigenvalue weighted by molar-refractivity contribution is 5.39. The molecule has 1 aromatic carbocycles. The maximum atomic E-state index is 10.7. The van der Waals surface area contributed by atoms with Crippen molar-refractivity contribution in [2.75, 3.05) is 7.11 Å². The zero-order valence-electron chi connectivity index (χ0n) is 12.9. The summed E-state index contributed by atoms with van der Waals surface area (Å²) in [6.45, 7) is 10.4. The summed E-state index contributed by atoms with van der Waals surface area (Å²) in [5.41, 5.74) is 1.98. The average molecular weight is 265 g/mol. The second-order valence-corrected chi connectivity index (χ2v) is 5.78. The fourth-order valence-corrected chi connectivity index (χ4v) is 2.31. The van der Waals surface area contributed by atoms with E-state index in [0.29, 0.717) is 12.0 Å². The van der Waals surface area contributed by atoms with E-state index >= 15 is 0 Å². The fourth-order valence-electron chi connectivity index (χ4n) is 2.31. The van der Waals surface area contributed by atoms with Gasteiger partial charge < -0.3 is 15.2 Å². The molecular weight excluding hydrogens is 238 g/mol. The monoisotopic (exact) mass is 265 g/mol. The first-order chi connectivity index (χ1) is 8.86. The molecule has 2 unspecified atom stereocenters. The topological polar surface area (TPSA) is 41.5 Å². The van der Waals surface area contributed by atoms with Gasteiger partial charge in [0, 0.05) is 17.6 Å². The minimum atomic E-state index is -0.572. The summed E-state index contributed by atoms with van der Waals surface area (Å²) in [5, 5.41) is 14.1. The molecule has 0 aliphatic rings. The van der Waals surface area contributed by atoms with Crippen LogP contribution in [0.25, 0.3) is 0 Å². The molecule has 0 saturated heterocycles. The maximum absolute atomic E-state index is 10.7. The summed E-state index contributed by atoms with van der Waals surface area (Å²) in [5.74, 6) is 1.08. The summed E-state index contributed by atoms with van der Waals surface area (Å²) >= 11 is 0. The Bertz CT molecular complexity index is 402. The highest BCUT2D eigenvalue weighted by Crippen LogP contribution is 2.30. The molecule has 19 heavy (non-hydrogen) atoms. The van der Waals surface area contributed by atoms with Crippen molar-refractivity contribution in [1.29, 1.82) is 0 Å². The first-order valence-corrected chi connectivity index (χ1v) is 6.95. The molecule has 1 aromatic rings. The van der Waals surface area contributed by atoms with Gasteiger partial charge in [0.2, 0.25) is 0 Å². The van der Waals surface area contributed by atoms with Crippen LogP contribution in [0.4, 0.5) is 0 Å². The number of hydrogen-bond donors (Lipinski definition) is 2. The lowest BCUT2D eigenvalue weighted by Crippen LogP contribution is -2.43. The predicted molar refractivity (Wildman–Crippen MR) is 79.6 cm³/mol. The number of methoxy groups -OCH3 is 1. The Hall–Kier alpha value is -1.06. The zero-order valence-corrected chi connectivity index (χ0v) is 12.9. The van der Waals surface area contributed by atoms with Crippen LogP contribution in [-0.2, 0) is 0 Å². The van der Waals surface area contributed by atoms with Crippen LogP contribution in [0.15, 0.2) is 18.2 Å². The van der Waals surface area contributed by atoms with Crippen LogP contribution >= 0.6 is 0 Å². The molecule has 0 aliphatic carbocycles. The average Bonchev–Trinajstić information content (AvgIpc) is 2.34. The Labute approximate surface area is 117 Å². The number of benzene rings is 1. The summed E-state index contributed by atoms with van der Waals surface area (Å²) < 4.78 is 5.37. The van der Waals surface area contributed by atoms with Crippen LogP contribution in [0.5, 0.6) is 5.75 Å². The molecule has 0 bridgehead atoms. The lowest BCUT2D eigenvalue weighted by molar-refractivity contribution is 0.0977. The van der Waals surface area contributed by atoms with E-state index in [1.807, 2.05) is 25.1 Å². The van der Waals surface area contributed by atoms with Crippen molar-refractivity contribution in [1.82, 2.24) is 5.32 Å². The van der Waals surface area contributed by atoms with E-state index in [1.165, 1.54) is 0 Å². The van der Waals surface area contributed by atoms with Crippen molar-refractivity contribution in [2.45, 2.75) is 52.8 Å². The minimum Gasteiger partial charge on any atom is -0.496 e. The van der Waals surface area contributed by atoms with E-state index in [9.17, 15) is 5.11 Å². The van der Waals surface area contributed by atoms with Crippen molar-refractivity contribution < 1.29 is 9.84 Å². The second kappa shape index (κ2) is 6.92. The van der Waals surface area contributed by atoms with E-state index in [1.54, 1.807) is 7.11 Å². The highest BCUT2D eigenvalue weighted by Gasteiger charge is 2.26. The Morgan fingerprint density at radius 3 is 2.26 bits per heavy atom. The quantitative estimate of drug-likeness (QED) is 0.830. The Balaban J connectivity index is 3.07. The summed E-state index contributed by atoms with van der Waals surface area (Å²) in [6.07, 6.45) is -0.572. The fraction of sp³-hybridized carbons (Fsp3) is 0.625. The summed E-state index contributed by atoms with van der Waals surface area (Å²) in [6, 6.07) is 6.25. The third kappa shape index (κ3) is 4.22. The highest BCUT2D eigenvalue weighted by atomic mass is 16.5. The van der Waals surface area contributed by atoms with Gasteiger partial charge in [-0.25, -0.2) is 0 Å². The van der Waals surface area contributed by atoms with Crippen LogP contribution in [0.1, 0.15) is 44.9 Å². The largest absolute Gasteiger partial charge is 0.496 e. The number of hydrogen-bond acceptors (Lipinski definition) is 3. The molecule has 108 valence electrons. The molecule has 0 heterocycles. The van der Waals surface area contributed by atoms with Crippen LogP contribution in [-0.4, -0.2) is 24.3 Å². The molecule has 2 N–H and O–H groups in total. The number of nitrogens with one attached hydrogen (secondary N) is 1. The van der Waals surface area contributed by atoms with Gasteiger partial charge in [-0.15, -0.1) is 0 Å². The standard InChI is InChI=1S/C16H27NO2/c1-10(2)15(17-11(3)4)16(18)13-9-12(5)7-8-14(13)19-6/h7-11,15-18H,1-6H3. The molecule has 0 amide bonds. The number of aliphatic hydroxyl groups excluding tert-OH is 1. The van der Waals surface area contributed by atoms with Gasteiger partial charge in [-0.05, 0) is 25.0 Å². The number of aliphatic hydroxyl groups is 1. The molecule has 0 aromatic heterocycles. The maximum Gasteiger partial charge on any atom is 0.124 e. The third-order valence-corrected chi connectivity index (χ3v) is 3.29. The molecule has 0 fully saturated rings. The Morgan fingerprint density at radius 2 is 1.79 bits per heavy atom. The molecule has 2 atom stereocenters. The van der Waals surface area contributed by atoms with E-state index in [2.05, 4.69) is 33.0 Å². The van der Waals surface area contributed by atoms with Gasteiger partial charge in [-0.1, -0.05) is 39.3 Å². The van der Waals surface area contributed by atoms with Gasteiger partial charge >= 0.3 is 0 Å². The molecule has 3 nitrogen and oxygen atoms in total. The van der Waals surface area contributed by atoms with Gasteiger partial charge in [0.1, 0.15) is 5.75 Å². The minimum absolute atomic E-state index is 0.00991. The molecule has 0 aliphatic heterocycles. The number of rotatable bonds is 6. The SMILES string of the molecule is COc1ccc(C)cc1C(O)C(NC(C)C)C(C)C. The second-order valence-electron chi connectivity index (χ2n) is 5.78. The van der Waals surface area contributed by atoms with Crippen LogP contribution < -0.4 is 10.1 Å². The van der Waals surface area contributed by atoms with Crippen molar-refractivity contribution >= 4 is 0 Å². The van der Waals surface area contributed by atoms with Crippen LogP contribution in [0.2, 0.25) is 0 Å². The lowest BCUT2D eigenvalue weighted by Gasteiger charge is -2.30. The normalized spacial score (nSPS) is 14.8. The molecule has 1 rings (SSSR count). The first-order valence-electron chi connectivity index (χ1n) is 6.95. The van der Waals surface area contributed by atoms with E-state index in [4.69, 9.17) is 4.74 Å². The summed E-state index contributed by atoms with van der Waals surface area (Å²) in [7, 11) is 1.64. The third-order valence-electron chi connectivity index (χ3n) is 3.29. The van der Waals surface area contributed by atoms with Gasteiger partial charge in [0.05, 0.1) is 13.2 Å². The molecule has 0 spiro atoms. The number of ether oxygens (including phenoxy) is 1. The van der Waals surface area contributed by atoms with E-state index in [0.717, 1.165) is 16.9 Å². The van der Waals surface area contributed by atoms with Crippen molar-refractivity contribution in [3.8, 4) is 5.75 Å². The van der Waals surface area contributed by atoms with Crippen LogP contribution in [0, 0.1) is 12.8 Å². The van der Waals surface area contributed by atoms with Gasteiger partial charge in [-0.2, -0.15) is 0 Å². The first kappa shape index (κ1) is 16.0. The molecule has 3 heteroatoms. The Kier molecular flexibility index (Phi) is 5.83. The van der Waals surface area contributed by atoms with Gasteiger partial charge in [-0.3, -0.25) is 0 Å². The van der Waals surface area contributed by atoms with Gasteiger partial charge in [0.15, 0.2) is 0 Å². The predicted octanol–water partition coefficient (Wildman–Crippen LogP) is 3.06. The van der Waals surface area contributed by atoms with Gasteiger partial charge in [0.25, 0.3) is 0 Å². The lowest BCUT2D eigenvalue weighted by atomic mass is 9.91. The van der Waals surface area contributed by atoms with Crippen molar-refractivity contribution in [3.63, 3.8) is 0 Å². The van der Waals surface area contributed by atoms with Crippen molar-refractivity contribution in [3.05, 3.63) is 29.3 Å². The molecular formula is C16H27NO2. The Morgan fingerprint density at radius 1 is 1.16 bits per heavy atom. The molecule has 0 radical (unpaired) electrons. The smallest absolute Gasteiger partial charge is 0.124 e. The van der Waals surface area contributed by atoms with E-state index < -0.39 is 6.10 Å². The zero-order chi connectivity index (χ0) is 14.6. The van der Waals surface area contributed by atoms with Crippen LogP contribution in [0.3, 0.4) is 0 Å². The van der Waals surface area contributed by atoms with E-state index in [-0.39, 0.29) is 6.04 Å². The van der Waals surface area contributed by atoms with Crippen molar-refractivity contribution in [2.24, 2.45) is 5.92 Å². The number of aryl methyl sites for hydroxylation is 1.